The molecule has 0 bridgehead atoms. The highest BCUT2D eigenvalue weighted by molar-refractivity contribution is 7.10. The topological polar surface area (TPSA) is 111 Å². The molecule has 2 aromatic heterocycles. The van der Waals surface area contributed by atoms with E-state index >= 15 is 0 Å². The van der Waals surface area contributed by atoms with Crippen LogP contribution in [0.5, 0.6) is 11.5 Å². The monoisotopic (exact) mass is 582 g/mol. The second-order valence-corrected chi connectivity index (χ2v) is 11.4. The van der Waals surface area contributed by atoms with Crippen molar-refractivity contribution in [1.82, 2.24) is 30.4 Å². The minimum atomic E-state index is -0.892. The number of carbonyl (C=O) groups excluding carboxylic acids is 2. The molecule has 2 heterocycles. The second-order valence-electron chi connectivity index (χ2n) is 9.98. The quantitative estimate of drug-likeness (QED) is 0.287. The number of ether oxygens (including phenoxy) is 2. The Morgan fingerprint density at radius 2 is 1.82 bits per heavy atom. The molecule has 1 atom stereocenters. The standard InChI is InChI=1S/C28H31ClN6O4S/c1-28(2,3)30-27(37)25(23-11-8-14-40-23)34(16-19-9-6-7-10-20(19)29)24(36)17-35-32-26(31-33-35)18-12-13-21(38-4)22(15-18)39-5/h6-15,25H,16-17H2,1-5H3,(H,30,37). The molecule has 1 N–H and O–H groups in total. The lowest BCUT2D eigenvalue weighted by Gasteiger charge is -2.33. The van der Waals surface area contributed by atoms with Gasteiger partial charge in [-0.3, -0.25) is 9.59 Å². The van der Waals surface area contributed by atoms with Gasteiger partial charge < -0.3 is 19.7 Å². The maximum Gasteiger partial charge on any atom is 0.248 e. The maximum atomic E-state index is 13.9. The van der Waals surface area contributed by atoms with Crippen LogP contribution in [0.25, 0.3) is 11.4 Å². The number of amides is 2. The van der Waals surface area contributed by atoms with E-state index < -0.39 is 11.6 Å². The Bertz CT molecular complexity index is 1470. The van der Waals surface area contributed by atoms with Crippen molar-refractivity contribution in [2.24, 2.45) is 0 Å². The molecule has 0 saturated heterocycles. The minimum absolute atomic E-state index is 0.107. The van der Waals surface area contributed by atoms with E-state index in [0.717, 1.165) is 4.88 Å². The number of nitrogens with one attached hydrogen (secondary N) is 1. The highest BCUT2D eigenvalue weighted by Crippen LogP contribution is 2.32. The first-order valence-electron chi connectivity index (χ1n) is 12.5. The zero-order valence-electron chi connectivity index (χ0n) is 22.9. The van der Waals surface area contributed by atoms with Crippen LogP contribution in [0.15, 0.2) is 60.0 Å². The van der Waals surface area contributed by atoms with Crippen molar-refractivity contribution < 1.29 is 19.1 Å². The molecule has 0 aliphatic rings. The first-order valence-corrected chi connectivity index (χ1v) is 13.7. The molecule has 0 spiro atoms. The van der Waals surface area contributed by atoms with Crippen molar-refractivity contribution in [3.05, 3.63) is 75.4 Å². The fourth-order valence-electron chi connectivity index (χ4n) is 4.06. The predicted octanol–water partition coefficient (Wildman–Crippen LogP) is 4.76. The number of hydrogen-bond donors (Lipinski definition) is 1. The lowest BCUT2D eigenvalue weighted by atomic mass is 10.1. The van der Waals surface area contributed by atoms with Crippen LogP contribution in [0.3, 0.4) is 0 Å². The SMILES string of the molecule is COc1ccc(-c2nnn(CC(=O)N(Cc3ccccc3Cl)C(C(=O)NC(C)(C)C)c3cccs3)n2)cc1OC. The average molecular weight is 583 g/mol. The Balaban J connectivity index is 1.67. The first-order chi connectivity index (χ1) is 19.1. The number of rotatable bonds is 10. The first kappa shape index (κ1) is 29.0. The molecule has 4 aromatic rings. The van der Waals surface area contributed by atoms with Gasteiger partial charge in [-0.2, -0.15) is 4.80 Å². The van der Waals surface area contributed by atoms with Crippen LogP contribution in [-0.4, -0.2) is 56.7 Å². The molecule has 0 aliphatic heterocycles. The molecule has 12 heteroatoms. The molecule has 0 saturated carbocycles. The lowest BCUT2D eigenvalue weighted by Crippen LogP contribution is -2.49. The zero-order chi connectivity index (χ0) is 28.9. The van der Waals surface area contributed by atoms with Crippen molar-refractivity contribution in [2.45, 2.75) is 45.4 Å². The van der Waals surface area contributed by atoms with Crippen molar-refractivity contribution >= 4 is 34.8 Å². The van der Waals surface area contributed by atoms with Gasteiger partial charge in [0.25, 0.3) is 0 Å². The number of aromatic nitrogens is 4. The molecule has 0 aliphatic carbocycles. The third-order valence-corrected chi connectivity index (χ3v) is 7.15. The summed E-state index contributed by atoms with van der Waals surface area (Å²) in [6.45, 7) is 5.55. The van der Waals surface area contributed by atoms with E-state index in [2.05, 4.69) is 20.7 Å². The number of tetrazole rings is 1. The van der Waals surface area contributed by atoms with Crippen LogP contribution in [0.2, 0.25) is 5.02 Å². The molecular weight excluding hydrogens is 552 g/mol. The number of carbonyl (C=O) groups is 2. The van der Waals surface area contributed by atoms with Gasteiger partial charge in [-0.05, 0) is 67.3 Å². The number of methoxy groups -OCH3 is 2. The van der Waals surface area contributed by atoms with E-state index in [0.29, 0.717) is 33.5 Å². The fourth-order valence-corrected chi connectivity index (χ4v) is 5.09. The molecule has 0 fully saturated rings. The Hall–Kier alpha value is -3.96. The molecule has 10 nitrogen and oxygen atoms in total. The summed E-state index contributed by atoms with van der Waals surface area (Å²) in [5.41, 5.74) is 0.846. The maximum absolute atomic E-state index is 13.9. The number of benzene rings is 2. The van der Waals surface area contributed by atoms with Crippen LogP contribution in [-0.2, 0) is 22.7 Å². The molecule has 4 rings (SSSR count). The van der Waals surface area contributed by atoms with Gasteiger partial charge in [-0.25, -0.2) is 0 Å². The smallest absolute Gasteiger partial charge is 0.248 e. The lowest BCUT2D eigenvalue weighted by molar-refractivity contribution is -0.143. The predicted molar refractivity (Wildman–Crippen MR) is 153 cm³/mol. The largest absolute Gasteiger partial charge is 0.493 e. The Morgan fingerprint density at radius 1 is 1.07 bits per heavy atom. The fraction of sp³-hybridized carbons (Fsp3) is 0.321. The molecular formula is C28H31ClN6O4S. The van der Waals surface area contributed by atoms with Crippen molar-refractivity contribution in [1.29, 1.82) is 0 Å². The van der Waals surface area contributed by atoms with Gasteiger partial charge in [-0.15, -0.1) is 21.5 Å². The summed E-state index contributed by atoms with van der Waals surface area (Å²) in [5, 5.41) is 18.0. The highest BCUT2D eigenvalue weighted by Gasteiger charge is 2.34. The van der Waals surface area contributed by atoms with Crippen LogP contribution < -0.4 is 14.8 Å². The van der Waals surface area contributed by atoms with Gasteiger partial charge in [0.2, 0.25) is 17.6 Å². The molecule has 2 aromatic carbocycles. The Morgan fingerprint density at radius 3 is 2.48 bits per heavy atom. The van der Waals surface area contributed by atoms with Gasteiger partial charge in [0.1, 0.15) is 12.6 Å². The molecule has 1 unspecified atom stereocenters. The normalized spacial score (nSPS) is 12.1. The van der Waals surface area contributed by atoms with Crippen LogP contribution in [0.1, 0.15) is 37.3 Å². The molecule has 0 radical (unpaired) electrons. The molecule has 210 valence electrons. The van der Waals surface area contributed by atoms with Crippen molar-refractivity contribution in [3.63, 3.8) is 0 Å². The Labute approximate surface area is 241 Å². The summed E-state index contributed by atoms with van der Waals surface area (Å²) >= 11 is 7.87. The Kier molecular flexibility index (Phi) is 9.06. The summed E-state index contributed by atoms with van der Waals surface area (Å²) in [6, 6.07) is 15.3. The number of halogens is 1. The zero-order valence-corrected chi connectivity index (χ0v) is 24.5. The summed E-state index contributed by atoms with van der Waals surface area (Å²) < 4.78 is 10.7. The van der Waals surface area contributed by atoms with E-state index in [9.17, 15) is 9.59 Å². The summed E-state index contributed by atoms with van der Waals surface area (Å²) in [4.78, 5) is 31.0. The van der Waals surface area contributed by atoms with Gasteiger partial charge in [0.15, 0.2) is 11.5 Å². The highest BCUT2D eigenvalue weighted by atomic mass is 35.5. The van der Waals surface area contributed by atoms with Gasteiger partial charge in [-0.1, -0.05) is 35.9 Å². The second kappa shape index (κ2) is 12.5. The summed E-state index contributed by atoms with van der Waals surface area (Å²) in [5.74, 6) is 0.720. The van der Waals surface area contributed by atoms with Gasteiger partial charge in [0, 0.05) is 27.5 Å². The summed E-state index contributed by atoms with van der Waals surface area (Å²) in [6.07, 6.45) is 0. The number of nitrogens with zero attached hydrogens (tertiary/aromatic N) is 5. The minimum Gasteiger partial charge on any atom is -0.493 e. The van der Waals surface area contributed by atoms with Crippen molar-refractivity contribution in [2.75, 3.05) is 14.2 Å². The van der Waals surface area contributed by atoms with Crippen LogP contribution in [0, 0.1) is 0 Å². The number of hydrogen-bond acceptors (Lipinski definition) is 8. The third kappa shape index (κ3) is 6.97. The van der Waals surface area contributed by atoms with Crippen LogP contribution >= 0.6 is 22.9 Å². The van der Waals surface area contributed by atoms with Gasteiger partial charge >= 0.3 is 0 Å². The average Bonchev–Trinajstić information content (AvgIpc) is 3.61. The third-order valence-electron chi connectivity index (χ3n) is 5.86. The molecule has 2 amide bonds. The van der Waals surface area contributed by atoms with Gasteiger partial charge in [0.05, 0.1) is 14.2 Å². The molecule has 40 heavy (non-hydrogen) atoms. The summed E-state index contributed by atoms with van der Waals surface area (Å²) in [7, 11) is 3.09. The van der Waals surface area contributed by atoms with E-state index in [4.69, 9.17) is 21.1 Å². The van der Waals surface area contributed by atoms with E-state index in [1.165, 1.54) is 28.1 Å². The van der Waals surface area contributed by atoms with E-state index in [1.54, 1.807) is 31.4 Å². The van der Waals surface area contributed by atoms with E-state index in [1.807, 2.05) is 56.5 Å². The van der Waals surface area contributed by atoms with Crippen LogP contribution in [0.4, 0.5) is 0 Å². The number of thiophene rings is 1. The van der Waals surface area contributed by atoms with E-state index in [-0.39, 0.29) is 24.9 Å². The van der Waals surface area contributed by atoms with Crippen molar-refractivity contribution in [3.8, 4) is 22.9 Å².